The van der Waals surface area contributed by atoms with Gasteiger partial charge in [0.05, 0.1) is 0 Å². The lowest BCUT2D eigenvalue weighted by Crippen LogP contribution is -2.18. The minimum atomic E-state index is -0.408. The van der Waals surface area contributed by atoms with Crippen LogP contribution in [0, 0.1) is 18.3 Å². The van der Waals surface area contributed by atoms with Crippen LogP contribution < -0.4 is 10.6 Å². The summed E-state index contributed by atoms with van der Waals surface area (Å²) < 4.78 is 1.01. The minimum Gasteiger partial charge on any atom is -0.386 e. The van der Waals surface area contributed by atoms with Crippen molar-refractivity contribution in [1.82, 2.24) is 5.32 Å². The lowest BCUT2D eigenvalue weighted by atomic mass is 10.1. The zero-order chi connectivity index (χ0) is 18.2. The summed E-state index contributed by atoms with van der Waals surface area (Å²) in [5, 5.41) is 15.2. The number of nitriles is 1. The largest absolute Gasteiger partial charge is 0.386 e. The number of amides is 1. The third-order valence-corrected chi connectivity index (χ3v) is 4.34. The van der Waals surface area contributed by atoms with Gasteiger partial charge in [0.15, 0.2) is 0 Å². The predicted molar refractivity (Wildman–Crippen MR) is 104 cm³/mol. The summed E-state index contributed by atoms with van der Waals surface area (Å²) in [7, 11) is 0. The molecule has 0 aliphatic heterocycles. The number of rotatable bonds is 6. The second kappa shape index (κ2) is 9.05. The van der Waals surface area contributed by atoms with Crippen molar-refractivity contribution in [2.45, 2.75) is 26.8 Å². The van der Waals surface area contributed by atoms with E-state index >= 15 is 0 Å². The van der Waals surface area contributed by atoms with Gasteiger partial charge in [-0.25, -0.2) is 0 Å². The number of benzene rings is 2. The third-order valence-electron chi connectivity index (χ3n) is 3.81. The number of aryl methyl sites for hydroxylation is 2. The highest BCUT2D eigenvalue weighted by Gasteiger charge is 2.12. The molecular weight excluding hydrogens is 378 g/mol. The molecule has 2 N–H and O–H groups in total. The van der Waals surface area contributed by atoms with Crippen molar-refractivity contribution in [3.63, 3.8) is 0 Å². The van der Waals surface area contributed by atoms with E-state index in [2.05, 4.69) is 26.6 Å². The van der Waals surface area contributed by atoms with Crippen LogP contribution >= 0.6 is 15.9 Å². The summed E-state index contributed by atoms with van der Waals surface area (Å²) in [4.78, 5) is 12.4. The van der Waals surface area contributed by atoms with E-state index in [4.69, 9.17) is 0 Å². The topological polar surface area (TPSA) is 64.9 Å². The van der Waals surface area contributed by atoms with Crippen LogP contribution in [0.4, 0.5) is 5.69 Å². The lowest BCUT2D eigenvalue weighted by molar-refractivity contribution is -0.112. The number of hydrogen-bond donors (Lipinski definition) is 2. The summed E-state index contributed by atoms with van der Waals surface area (Å²) >= 11 is 3.39. The first kappa shape index (κ1) is 18.8. The Balaban J connectivity index is 2.06. The average molecular weight is 398 g/mol. The number of carbonyl (C=O) groups is 1. The normalized spacial score (nSPS) is 10.9. The summed E-state index contributed by atoms with van der Waals surface area (Å²) in [5.41, 5.74) is 3.91. The maximum atomic E-state index is 12.4. The zero-order valence-electron chi connectivity index (χ0n) is 14.3. The van der Waals surface area contributed by atoms with Gasteiger partial charge in [0.25, 0.3) is 5.91 Å². The fraction of sp³-hybridized carbons (Fsp3) is 0.200. The van der Waals surface area contributed by atoms with E-state index < -0.39 is 5.91 Å². The van der Waals surface area contributed by atoms with Crippen molar-refractivity contribution in [3.05, 3.63) is 75.4 Å². The van der Waals surface area contributed by atoms with Crippen LogP contribution in [0.15, 0.2) is 58.7 Å². The number of nitrogens with one attached hydrogen (secondary N) is 2. The maximum Gasteiger partial charge on any atom is 0.267 e. The number of carbonyl (C=O) groups excluding carboxylic acids is 1. The molecule has 0 heterocycles. The van der Waals surface area contributed by atoms with E-state index in [1.807, 2.05) is 62.4 Å². The van der Waals surface area contributed by atoms with Gasteiger partial charge < -0.3 is 10.6 Å². The summed E-state index contributed by atoms with van der Waals surface area (Å²) in [6.45, 7) is 4.51. The molecule has 1 amide bonds. The van der Waals surface area contributed by atoms with Gasteiger partial charge in [0, 0.05) is 22.9 Å². The van der Waals surface area contributed by atoms with Crippen LogP contribution in [-0.4, -0.2) is 5.91 Å². The molecule has 2 aromatic carbocycles. The minimum absolute atomic E-state index is 0.0439. The first-order valence-corrected chi connectivity index (χ1v) is 8.82. The maximum absolute atomic E-state index is 12.4. The first-order chi connectivity index (χ1) is 12.0. The number of para-hydroxylation sites is 1. The van der Waals surface area contributed by atoms with Crippen molar-refractivity contribution < 1.29 is 4.79 Å². The molecule has 0 saturated heterocycles. The van der Waals surface area contributed by atoms with Gasteiger partial charge in [-0.2, -0.15) is 5.26 Å². The summed E-state index contributed by atoms with van der Waals surface area (Å²) in [5.74, 6) is -0.408. The van der Waals surface area contributed by atoms with E-state index in [0.29, 0.717) is 6.54 Å². The molecule has 0 bridgehead atoms. The summed E-state index contributed by atoms with van der Waals surface area (Å²) in [6, 6.07) is 15.7. The van der Waals surface area contributed by atoms with Crippen LogP contribution in [0.1, 0.15) is 23.6 Å². The molecule has 0 aliphatic rings. The van der Waals surface area contributed by atoms with Crippen molar-refractivity contribution in [1.29, 1.82) is 5.26 Å². The molecule has 0 aromatic heterocycles. The Hall–Kier alpha value is -2.58. The Morgan fingerprint density at radius 3 is 2.60 bits per heavy atom. The molecule has 25 heavy (non-hydrogen) atoms. The van der Waals surface area contributed by atoms with Gasteiger partial charge in [-0.15, -0.1) is 0 Å². The van der Waals surface area contributed by atoms with Crippen LogP contribution in [0.5, 0.6) is 0 Å². The highest BCUT2D eigenvalue weighted by atomic mass is 79.9. The van der Waals surface area contributed by atoms with Gasteiger partial charge >= 0.3 is 0 Å². The standard InChI is InChI=1S/C20H20BrN3O/c1-3-16-6-4-5-14(2)19(16)24-20(25)17(11-22)13-23-12-15-7-9-18(21)10-8-15/h4-10,13,23H,3,12H2,1-2H3,(H,24,25)/b17-13-. The molecule has 4 nitrogen and oxygen atoms in total. The monoisotopic (exact) mass is 397 g/mol. The van der Waals surface area contributed by atoms with E-state index in [0.717, 1.165) is 33.3 Å². The second-order valence-electron chi connectivity index (χ2n) is 5.59. The fourth-order valence-electron chi connectivity index (χ4n) is 2.40. The number of nitrogens with zero attached hydrogens (tertiary/aromatic N) is 1. The second-order valence-corrected chi connectivity index (χ2v) is 6.51. The number of halogens is 1. The molecule has 0 fully saturated rings. The molecule has 0 atom stereocenters. The van der Waals surface area contributed by atoms with Crippen LogP contribution in [0.25, 0.3) is 0 Å². The number of anilines is 1. The molecule has 5 heteroatoms. The van der Waals surface area contributed by atoms with Crippen molar-refractivity contribution >= 4 is 27.5 Å². The highest BCUT2D eigenvalue weighted by molar-refractivity contribution is 9.10. The Labute approximate surface area is 156 Å². The molecular formula is C20H20BrN3O. The summed E-state index contributed by atoms with van der Waals surface area (Å²) in [6.07, 6.45) is 2.27. The molecule has 2 rings (SSSR count). The Bertz CT molecular complexity index is 820. The van der Waals surface area contributed by atoms with E-state index in [1.165, 1.54) is 6.20 Å². The quantitative estimate of drug-likeness (QED) is 0.558. The molecule has 0 aliphatic carbocycles. The predicted octanol–water partition coefficient (Wildman–Crippen LogP) is 4.46. The van der Waals surface area contributed by atoms with Gasteiger partial charge in [-0.05, 0) is 42.2 Å². The smallest absolute Gasteiger partial charge is 0.267 e. The Kier molecular flexibility index (Phi) is 6.79. The van der Waals surface area contributed by atoms with Crippen LogP contribution in [-0.2, 0) is 17.8 Å². The number of hydrogen-bond acceptors (Lipinski definition) is 3. The zero-order valence-corrected chi connectivity index (χ0v) is 15.9. The molecule has 2 aromatic rings. The van der Waals surface area contributed by atoms with E-state index in [1.54, 1.807) is 0 Å². The van der Waals surface area contributed by atoms with Gasteiger partial charge in [-0.3, -0.25) is 4.79 Å². The van der Waals surface area contributed by atoms with Crippen molar-refractivity contribution in [3.8, 4) is 6.07 Å². The highest BCUT2D eigenvalue weighted by Crippen LogP contribution is 2.21. The van der Waals surface area contributed by atoms with Crippen LogP contribution in [0.2, 0.25) is 0 Å². The molecule has 0 saturated carbocycles. The Morgan fingerprint density at radius 2 is 1.96 bits per heavy atom. The third kappa shape index (κ3) is 5.20. The van der Waals surface area contributed by atoms with Crippen molar-refractivity contribution in [2.75, 3.05) is 5.32 Å². The van der Waals surface area contributed by atoms with Crippen LogP contribution in [0.3, 0.4) is 0 Å². The van der Waals surface area contributed by atoms with Gasteiger partial charge in [0.2, 0.25) is 0 Å². The van der Waals surface area contributed by atoms with E-state index in [-0.39, 0.29) is 5.57 Å². The average Bonchev–Trinajstić information content (AvgIpc) is 2.62. The molecule has 0 unspecified atom stereocenters. The van der Waals surface area contributed by atoms with Gasteiger partial charge in [-0.1, -0.05) is 53.2 Å². The SMILES string of the molecule is CCc1cccc(C)c1NC(=O)/C(C#N)=C\NCc1ccc(Br)cc1. The van der Waals surface area contributed by atoms with Gasteiger partial charge in [0.1, 0.15) is 11.6 Å². The first-order valence-electron chi connectivity index (χ1n) is 8.03. The fourth-order valence-corrected chi connectivity index (χ4v) is 2.67. The van der Waals surface area contributed by atoms with E-state index in [9.17, 15) is 10.1 Å². The molecule has 0 spiro atoms. The van der Waals surface area contributed by atoms with Crippen molar-refractivity contribution in [2.24, 2.45) is 0 Å². The Morgan fingerprint density at radius 1 is 1.24 bits per heavy atom. The lowest BCUT2D eigenvalue weighted by Gasteiger charge is -2.12. The molecule has 128 valence electrons. The molecule has 0 radical (unpaired) electrons.